The van der Waals surface area contributed by atoms with Gasteiger partial charge in [-0.25, -0.2) is 0 Å². The van der Waals surface area contributed by atoms with Gasteiger partial charge in [-0.3, -0.25) is 14.5 Å². The summed E-state index contributed by atoms with van der Waals surface area (Å²) in [7, 11) is 0. The van der Waals surface area contributed by atoms with E-state index in [4.69, 9.17) is 0 Å². The summed E-state index contributed by atoms with van der Waals surface area (Å²) in [5.74, 6) is 0.0476. The highest BCUT2D eigenvalue weighted by Gasteiger charge is 2.40. The summed E-state index contributed by atoms with van der Waals surface area (Å²) < 4.78 is 0. The number of amides is 2. The molecule has 1 aliphatic heterocycles. The SMILES string of the molecule is CCC[C@@]1(C)C(=O)NCCN1Cc1ccc(NC(C)=O)cc1. The van der Waals surface area contributed by atoms with Gasteiger partial charge in [0.1, 0.15) is 0 Å². The Kier molecular flexibility index (Phi) is 5.19. The smallest absolute Gasteiger partial charge is 0.240 e. The number of piperazine rings is 1. The lowest BCUT2D eigenvalue weighted by molar-refractivity contribution is -0.137. The number of benzene rings is 1. The van der Waals surface area contributed by atoms with Crippen LogP contribution in [0.15, 0.2) is 24.3 Å². The third kappa shape index (κ3) is 3.65. The first-order valence-electron chi connectivity index (χ1n) is 7.85. The van der Waals surface area contributed by atoms with Crippen LogP contribution in [0.25, 0.3) is 0 Å². The lowest BCUT2D eigenvalue weighted by Crippen LogP contribution is -2.62. The molecule has 0 unspecified atom stereocenters. The number of rotatable bonds is 5. The van der Waals surface area contributed by atoms with Gasteiger partial charge in [0.15, 0.2) is 0 Å². The Morgan fingerprint density at radius 1 is 1.36 bits per heavy atom. The number of carbonyl (C=O) groups excluding carboxylic acids is 2. The predicted molar refractivity (Wildman–Crippen MR) is 87.5 cm³/mol. The van der Waals surface area contributed by atoms with Gasteiger partial charge in [-0.15, -0.1) is 0 Å². The molecule has 2 N–H and O–H groups in total. The zero-order valence-electron chi connectivity index (χ0n) is 13.6. The van der Waals surface area contributed by atoms with Crippen LogP contribution in [-0.2, 0) is 16.1 Å². The molecule has 1 aliphatic rings. The minimum Gasteiger partial charge on any atom is -0.353 e. The van der Waals surface area contributed by atoms with Crippen molar-refractivity contribution in [2.45, 2.75) is 45.7 Å². The van der Waals surface area contributed by atoms with Crippen LogP contribution in [0.3, 0.4) is 0 Å². The molecule has 0 bridgehead atoms. The van der Waals surface area contributed by atoms with E-state index >= 15 is 0 Å². The van der Waals surface area contributed by atoms with Crippen LogP contribution in [0.5, 0.6) is 0 Å². The number of hydrogen-bond acceptors (Lipinski definition) is 3. The third-order valence-corrected chi connectivity index (χ3v) is 4.24. The summed E-state index contributed by atoms with van der Waals surface area (Å²) in [4.78, 5) is 25.6. The van der Waals surface area contributed by atoms with E-state index in [9.17, 15) is 9.59 Å². The van der Waals surface area contributed by atoms with E-state index in [1.54, 1.807) is 0 Å². The van der Waals surface area contributed by atoms with Gasteiger partial charge in [0, 0.05) is 32.2 Å². The molecule has 2 rings (SSSR count). The van der Waals surface area contributed by atoms with Crippen molar-refractivity contribution in [3.63, 3.8) is 0 Å². The molecule has 1 fully saturated rings. The van der Waals surface area contributed by atoms with Crippen molar-refractivity contribution in [1.29, 1.82) is 0 Å². The molecule has 1 heterocycles. The Bertz CT molecular complexity index is 541. The number of nitrogens with zero attached hydrogens (tertiary/aromatic N) is 1. The van der Waals surface area contributed by atoms with Crippen molar-refractivity contribution < 1.29 is 9.59 Å². The van der Waals surface area contributed by atoms with Gasteiger partial charge in [0.2, 0.25) is 11.8 Å². The molecule has 0 aromatic heterocycles. The average Bonchev–Trinajstić information content (AvgIpc) is 2.46. The first kappa shape index (κ1) is 16.5. The maximum absolute atomic E-state index is 12.3. The van der Waals surface area contributed by atoms with Crippen molar-refractivity contribution in [2.24, 2.45) is 0 Å². The lowest BCUT2D eigenvalue weighted by Gasteiger charge is -2.43. The Balaban J connectivity index is 2.10. The van der Waals surface area contributed by atoms with E-state index in [2.05, 4.69) is 22.5 Å². The highest BCUT2D eigenvalue weighted by Crippen LogP contribution is 2.26. The second-order valence-electron chi connectivity index (χ2n) is 6.08. The number of anilines is 1. The molecule has 2 amide bonds. The van der Waals surface area contributed by atoms with E-state index < -0.39 is 5.54 Å². The van der Waals surface area contributed by atoms with Crippen molar-refractivity contribution in [1.82, 2.24) is 10.2 Å². The van der Waals surface area contributed by atoms with Crippen LogP contribution < -0.4 is 10.6 Å². The highest BCUT2D eigenvalue weighted by atomic mass is 16.2. The quantitative estimate of drug-likeness (QED) is 0.876. The van der Waals surface area contributed by atoms with Crippen LogP contribution in [0.4, 0.5) is 5.69 Å². The standard InChI is InChI=1S/C17H25N3O2/c1-4-9-17(3)16(22)18-10-11-20(17)12-14-5-7-15(8-6-14)19-13(2)21/h5-8H,4,9-12H2,1-3H3,(H,18,22)(H,19,21)/t17-/m0/s1. The minimum absolute atomic E-state index is 0.0732. The largest absolute Gasteiger partial charge is 0.353 e. The van der Waals surface area contributed by atoms with Gasteiger partial charge >= 0.3 is 0 Å². The van der Waals surface area contributed by atoms with Crippen LogP contribution in [0, 0.1) is 0 Å². The zero-order valence-corrected chi connectivity index (χ0v) is 13.6. The molecule has 1 aromatic rings. The van der Waals surface area contributed by atoms with Crippen molar-refractivity contribution >= 4 is 17.5 Å². The molecule has 1 saturated heterocycles. The summed E-state index contributed by atoms with van der Waals surface area (Å²) in [5.41, 5.74) is 1.50. The van der Waals surface area contributed by atoms with Gasteiger partial charge in [-0.2, -0.15) is 0 Å². The average molecular weight is 303 g/mol. The normalized spacial score (nSPS) is 22.2. The summed E-state index contributed by atoms with van der Waals surface area (Å²) in [6.45, 7) is 7.92. The van der Waals surface area contributed by atoms with Gasteiger partial charge in [-0.1, -0.05) is 25.5 Å². The van der Waals surface area contributed by atoms with E-state index in [1.165, 1.54) is 6.92 Å². The van der Waals surface area contributed by atoms with E-state index in [1.807, 2.05) is 31.2 Å². The highest BCUT2D eigenvalue weighted by molar-refractivity contribution is 5.88. The molecule has 5 nitrogen and oxygen atoms in total. The van der Waals surface area contributed by atoms with Gasteiger partial charge in [0.25, 0.3) is 0 Å². The molecule has 120 valence electrons. The molecule has 1 aromatic carbocycles. The molecule has 5 heteroatoms. The van der Waals surface area contributed by atoms with Gasteiger partial charge in [-0.05, 0) is 31.0 Å². The first-order chi connectivity index (χ1) is 10.5. The summed E-state index contributed by atoms with van der Waals surface area (Å²) in [6, 6.07) is 7.81. The molecule has 1 atom stereocenters. The van der Waals surface area contributed by atoms with Crippen LogP contribution in [0.2, 0.25) is 0 Å². The van der Waals surface area contributed by atoms with E-state index in [-0.39, 0.29) is 11.8 Å². The molecular formula is C17H25N3O2. The number of hydrogen-bond donors (Lipinski definition) is 2. The molecule has 0 spiro atoms. The fraction of sp³-hybridized carbons (Fsp3) is 0.529. The summed E-state index contributed by atoms with van der Waals surface area (Å²) >= 11 is 0. The second-order valence-corrected chi connectivity index (χ2v) is 6.08. The Morgan fingerprint density at radius 3 is 2.64 bits per heavy atom. The third-order valence-electron chi connectivity index (χ3n) is 4.24. The van der Waals surface area contributed by atoms with Crippen LogP contribution >= 0.6 is 0 Å². The van der Waals surface area contributed by atoms with Crippen molar-refractivity contribution in [3.05, 3.63) is 29.8 Å². The predicted octanol–water partition coefficient (Wildman–Crippen LogP) is 2.14. The minimum atomic E-state index is -0.441. The number of nitrogens with one attached hydrogen (secondary N) is 2. The van der Waals surface area contributed by atoms with E-state index in [0.717, 1.165) is 37.2 Å². The Morgan fingerprint density at radius 2 is 2.05 bits per heavy atom. The van der Waals surface area contributed by atoms with Crippen molar-refractivity contribution in [2.75, 3.05) is 18.4 Å². The van der Waals surface area contributed by atoms with Gasteiger partial charge < -0.3 is 10.6 Å². The van der Waals surface area contributed by atoms with Crippen LogP contribution in [0.1, 0.15) is 39.2 Å². The molecule has 0 aliphatic carbocycles. The monoisotopic (exact) mass is 303 g/mol. The lowest BCUT2D eigenvalue weighted by atomic mass is 9.90. The Labute approximate surface area is 132 Å². The van der Waals surface area contributed by atoms with E-state index in [0.29, 0.717) is 6.54 Å². The Hall–Kier alpha value is -1.88. The summed E-state index contributed by atoms with van der Waals surface area (Å²) in [6.07, 6.45) is 1.82. The zero-order chi connectivity index (χ0) is 16.2. The first-order valence-corrected chi connectivity index (χ1v) is 7.85. The second kappa shape index (κ2) is 6.92. The van der Waals surface area contributed by atoms with Gasteiger partial charge in [0.05, 0.1) is 5.54 Å². The molecular weight excluding hydrogens is 278 g/mol. The molecule has 0 saturated carbocycles. The maximum Gasteiger partial charge on any atom is 0.240 e. The molecule has 22 heavy (non-hydrogen) atoms. The van der Waals surface area contributed by atoms with Crippen molar-refractivity contribution in [3.8, 4) is 0 Å². The maximum atomic E-state index is 12.3. The van der Waals surface area contributed by atoms with Crippen LogP contribution in [-0.4, -0.2) is 35.3 Å². The number of carbonyl (C=O) groups is 2. The molecule has 0 radical (unpaired) electrons. The summed E-state index contributed by atoms with van der Waals surface area (Å²) in [5, 5.41) is 5.74. The topological polar surface area (TPSA) is 61.4 Å². The fourth-order valence-electron chi connectivity index (χ4n) is 3.01. The fourth-order valence-corrected chi connectivity index (χ4v) is 3.01.